The molecule has 0 spiro atoms. The Bertz CT molecular complexity index is 683. The van der Waals surface area contributed by atoms with Crippen LogP contribution in [0.25, 0.3) is 11.1 Å². The molecular formula is C26H38N2O2. The molecule has 0 saturated heterocycles. The van der Waals surface area contributed by atoms with Gasteiger partial charge < -0.3 is 9.47 Å². The molecule has 0 fully saturated rings. The van der Waals surface area contributed by atoms with Crippen molar-refractivity contribution in [3.63, 3.8) is 0 Å². The van der Waals surface area contributed by atoms with Crippen molar-refractivity contribution in [3.05, 3.63) is 49.3 Å². The lowest BCUT2D eigenvalue weighted by Crippen LogP contribution is -1.99. The summed E-state index contributed by atoms with van der Waals surface area (Å²) in [5.74, 6) is 1.37. The summed E-state index contributed by atoms with van der Waals surface area (Å²) in [6.45, 7) is 7.43. The Morgan fingerprint density at radius 2 is 1.20 bits per heavy atom. The molecule has 4 nitrogen and oxygen atoms in total. The first-order chi connectivity index (χ1) is 14.8. The van der Waals surface area contributed by atoms with Crippen LogP contribution in [-0.4, -0.2) is 23.2 Å². The van der Waals surface area contributed by atoms with Crippen LogP contribution in [0.1, 0.15) is 77.6 Å². The van der Waals surface area contributed by atoms with Crippen LogP contribution in [0.15, 0.2) is 49.3 Å². The topological polar surface area (TPSA) is 44.2 Å². The molecule has 0 atom stereocenters. The second-order valence-corrected chi connectivity index (χ2v) is 7.73. The van der Waals surface area contributed by atoms with Crippen LogP contribution in [-0.2, 0) is 0 Å². The fourth-order valence-electron chi connectivity index (χ4n) is 3.25. The molecule has 0 aliphatic heterocycles. The Hall–Kier alpha value is -2.36. The van der Waals surface area contributed by atoms with Crippen molar-refractivity contribution in [1.29, 1.82) is 0 Å². The fraction of sp³-hybridized carbons (Fsp3) is 0.538. The molecule has 2 aromatic heterocycles. The predicted molar refractivity (Wildman–Crippen MR) is 125 cm³/mol. The van der Waals surface area contributed by atoms with Crippen molar-refractivity contribution in [2.24, 2.45) is 0 Å². The molecule has 0 aliphatic rings. The number of rotatable bonds is 17. The Kier molecular flexibility index (Phi) is 12.3. The van der Waals surface area contributed by atoms with E-state index in [1.165, 1.54) is 51.4 Å². The highest BCUT2D eigenvalue weighted by molar-refractivity contribution is 5.61. The van der Waals surface area contributed by atoms with Crippen molar-refractivity contribution in [2.75, 3.05) is 13.2 Å². The maximum atomic E-state index is 5.77. The molecule has 0 amide bonds. The lowest BCUT2D eigenvalue weighted by molar-refractivity contribution is 0.293. The number of aromatic nitrogens is 2. The minimum absolute atomic E-state index is 0.684. The van der Waals surface area contributed by atoms with Gasteiger partial charge in [0.15, 0.2) is 0 Å². The average Bonchev–Trinajstić information content (AvgIpc) is 2.79. The minimum atomic E-state index is 0.684. The standard InChI is InChI=1S/C26H38N2O2/c1-3-5-7-9-10-11-12-14-20-30-26-18-16-24(22-28-26)23-15-17-25(27-21-23)29-19-13-8-6-4-2/h3,15-18,21-22H,1,4-14,19-20H2,2H3. The Balaban J connectivity index is 1.64. The van der Waals surface area contributed by atoms with Crippen molar-refractivity contribution in [3.8, 4) is 22.9 Å². The van der Waals surface area contributed by atoms with Gasteiger partial charge in [0.25, 0.3) is 0 Å². The average molecular weight is 411 g/mol. The number of nitrogens with zero attached hydrogens (tertiary/aromatic N) is 2. The lowest BCUT2D eigenvalue weighted by Gasteiger charge is -2.08. The van der Waals surface area contributed by atoms with Gasteiger partial charge in [-0.05, 0) is 37.8 Å². The Morgan fingerprint density at radius 1 is 0.700 bits per heavy atom. The van der Waals surface area contributed by atoms with Crippen molar-refractivity contribution in [2.45, 2.75) is 77.6 Å². The van der Waals surface area contributed by atoms with Crippen LogP contribution in [0.2, 0.25) is 0 Å². The van der Waals surface area contributed by atoms with Crippen LogP contribution in [0.4, 0.5) is 0 Å². The van der Waals surface area contributed by atoms with Crippen LogP contribution in [0.3, 0.4) is 0 Å². The molecule has 0 N–H and O–H groups in total. The number of unbranched alkanes of at least 4 members (excludes halogenated alkanes) is 9. The molecule has 164 valence electrons. The Morgan fingerprint density at radius 3 is 1.67 bits per heavy atom. The van der Waals surface area contributed by atoms with Crippen LogP contribution in [0, 0.1) is 0 Å². The molecule has 0 radical (unpaired) electrons. The molecule has 0 aromatic carbocycles. The Labute approximate surface area is 182 Å². The quantitative estimate of drug-likeness (QED) is 0.201. The molecule has 4 heteroatoms. The molecule has 0 unspecified atom stereocenters. The van der Waals surface area contributed by atoms with Gasteiger partial charge in [0, 0.05) is 35.7 Å². The zero-order valence-corrected chi connectivity index (χ0v) is 18.7. The summed E-state index contributed by atoms with van der Waals surface area (Å²) >= 11 is 0. The zero-order valence-electron chi connectivity index (χ0n) is 18.7. The van der Waals surface area contributed by atoms with Gasteiger partial charge in [0.05, 0.1) is 13.2 Å². The molecule has 0 aliphatic carbocycles. The molecule has 0 bridgehead atoms. The van der Waals surface area contributed by atoms with Gasteiger partial charge in [0.2, 0.25) is 11.8 Å². The maximum absolute atomic E-state index is 5.77. The summed E-state index contributed by atoms with van der Waals surface area (Å²) in [5, 5.41) is 0. The largest absolute Gasteiger partial charge is 0.478 e. The monoisotopic (exact) mass is 410 g/mol. The molecule has 2 heterocycles. The molecular weight excluding hydrogens is 372 g/mol. The normalized spacial score (nSPS) is 10.7. The van der Waals surface area contributed by atoms with E-state index in [-0.39, 0.29) is 0 Å². The third kappa shape index (κ3) is 9.91. The lowest BCUT2D eigenvalue weighted by atomic mass is 10.1. The van der Waals surface area contributed by atoms with E-state index in [0.29, 0.717) is 11.8 Å². The molecule has 0 saturated carbocycles. The highest BCUT2D eigenvalue weighted by Crippen LogP contribution is 2.21. The highest BCUT2D eigenvalue weighted by atomic mass is 16.5. The zero-order chi connectivity index (χ0) is 21.3. The summed E-state index contributed by atoms with van der Waals surface area (Å²) in [5.41, 5.74) is 2.06. The second-order valence-electron chi connectivity index (χ2n) is 7.73. The number of allylic oxidation sites excluding steroid dienone is 1. The summed E-state index contributed by atoms with van der Waals surface area (Å²) < 4.78 is 11.5. The smallest absolute Gasteiger partial charge is 0.213 e. The van der Waals surface area contributed by atoms with E-state index >= 15 is 0 Å². The predicted octanol–water partition coefficient (Wildman–Crippen LogP) is 7.40. The summed E-state index contributed by atoms with van der Waals surface area (Å²) in [6, 6.07) is 7.92. The van der Waals surface area contributed by atoms with Gasteiger partial charge in [-0.15, -0.1) is 6.58 Å². The van der Waals surface area contributed by atoms with Crippen LogP contribution in [0.5, 0.6) is 11.8 Å². The van der Waals surface area contributed by atoms with E-state index in [2.05, 4.69) is 23.5 Å². The van der Waals surface area contributed by atoms with E-state index in [1.54, 1.807) is 0 Å². The van der Waals surface area contributed by atoms with Gasteiger partial charge >= 0.3 is 0 Å². The summed E-state index contributed by atoms with van der Waals surface area (Å²) in [4.78, 5) is 8.84. The van der Waals surface area contributed by atoms with Gasteiger partial charge in [-0.3, -0.25) is 0 Å². The third-order valence-electron chi connectivity index (χ3n) is 5.11. The SMILES string of the molecule is C=CCCCCCCCCOc1ccc(-c2ccc(OCCCCCC)nc2)cn1. The number of hydrogen-bond donors (Lipinski definition) is 0. The number of pyridine rings is 2. The van der Waals surface area contributed by atoms with Crippen molar-refractivity contribution >= 4 is 0 Å². The molecule has 2 aromatic rings. The minimum Gasteiger partial charge on any atom is -0.478 e. The van der Waals surface area contributed by atoms with Crippen LogP contribution >= 0.6 is 0 Å². The van der Waals surface area contributed by atoms with Gasteiger partial charge in [0.1, 0.15) is 0 Å². The fourth-order valence-corrected chi connectivity index (χ4v) is 3.25. The van der Waals surface area contributed by atoms with Crippen molar-refractivity contribution in [1.82, 2.24) is 9.97 Å². The van der Waals surface area contributed by atoms with Gasteiger partial charge in [-0.25, -0.2) is 9.97 Å². The number of hydrogen-bond acceptors (Lipinski definition) is 4. The number of ether oxygens (including phenoxy) is 2. The maximum Gasteiger partial charge on any atom is 0.213 e. The van der Waals surface area contributed by atoms with E-state index in [9.17, 15) is 0 Å². The van der Waals surface area contributed by atoms with E-state index in [0.717, 1.165) is 43.6 Å². The second kappa shape index (κ2) is 15.5. The first-order valence-corrected chi connectivity index (χ1v) is 11.6. The summed E-state index contributed by atoms with van der Waals surface area (Å²) in [6.07, 6.45) is 19.1. The molecule has 2 rings (SSSR count). The van der Waals surface area contributed by atoms with Crippen molar-refractivity contribution < 1.29 is 9.47 Å². The first-order valence-electron chi connectivity index (χ1n) is 11.6. The van der Waals surface area contributed by atoms with Crippen LogP contribution < -0.4 is 9.47 Å². The highest BCUT2D eigenvalue weighted by Gasteiger charge is 2.03. The molecule has 30 heavy (non-hydrogen) atoms. The summed E-state index contributed by atoms with van der Waals surface area (Å²) in [7, 11) is 0. The third-order valence-corrected chi connectivity index (χ3v) is 5.11. The van der Waals surface area contributed by atoms with E-state index < -0.39 is 0 Å². The van der Waals surface area contributed by atoms with Gasteiger partial charge in [-0.2, -0.15) is 0 Å². The van der Waals surface area contributed by atoms with Gasteiger partial charge in [-0.1, -0.05) is 57.9 Å². The van der Waals surface area contributed by atoms with E-state index in [1.807, 2.05) is 42.7 Å². The van der Waals surface area contributed by atoms with E-state index in [4.69, 9.17) is 9.47 Å². The first kappa shape index (κ1) is 23.9.